The van der Waals surface area contributed by atoms with E-state index in [0.717, 1.165) is 10.8 Å². The SMILES string of the molecule is N#Cc1ccc2cc(-c3[c]ccc(-c4ccc(F)cc4)c3F)ccc2c1. The summed E-state index contributed by atoms with van der Waals surface area (Å²) in [5.41, 5.74) is 2.65. The van der Waals surface area contributed by atoms with E-state index < -0.39 is 5.82 Å². The molecule has 0 aliphatic rings. The summed E-state index contributed by atoms with van der Waals surface area (Å²) in [5, 5.41) is 10.8. The molecule has 1 radical (unpaired) electrons. The topological polar surface area (TPSA) is 23.8 Å². The van der Waals surface area contributed by atoms with Gasteiger partial charge in [-0.15, -0.1) is 0 Å². The van der Waals surface area contributed by atoms with Crippen LogP contribution in [0.1, 0.15) is 5.56 Å². The van der Waals surface area contributed by atoms with Gasteiger partial charge in [0.05, 0.1) is 11.6 Å². The zero-order valence-electron chi connectivity index (χ0n) is 13.6. The fraction of sp³-hybridized carbons (Fsp3) is 0. The maximum absolute atomic E-state index is 15.1. The Morgan fingerprint density at radius 2 is 1.46 bits per heavy atom. The minimum absolute atomic E-state index is 0.358. The van der Waals surface area contributed by atoms with Gasteiger partial charge in [0.25, 0.3) is 0 Å². The molecule has 1 nitrogen and oxygen atoms in total. The number of nitriles is 1. The van der Waals surface area contributed by atoms with Crippen LogP contribution in [-0.4, -0.2) is 0 Å². The fourth-order valence-corrected chi connectivity index (χ4v) is 3.01. The quantitative estimate of drug-likeness (QED) is 0.431. The molecule has 0 fully saturated rings. The van der Waals surface area contributed by atoms with Gasteiger partial charge < -0.3 is 0 Å². The third kappa shape index (κ3) is 2.82. The molecule has 4 aromatic rings. The lowest BCUT2D eigenvalue weighted by Gasteiger charge is -2.10. The van der Waals surface area contributed by atoms with Gasteiger partial charge in [-0.2, -0.15) is 5.26 Å². The highest BCUT2D eigenvalue weighted by Crippen LogP contribution is 2.32. The molecule has 0 saturated heterocycles. The lowest BCUT2D eigenvalue weighted by atomic mass is 9.96. The molecule has 0 aromatic heterocycles. The van der Waals surface area contributed by atoms with Crippen molar-refractivity contribution in [2.75, 3.05) is 0 Å². The van der Waals surface area contributed by atoms with Crippen LogP contribution in [0.5, 0.6) is 0 Å². The van der Waals surface area contributed by atoms with Crippen molar-refractivity contribution in [3.05, 3.63) is 96.1 Å². The van der Waals surface area contributed by atoms with Gasteiger partial charge in [0.1, 0.15) is 11.6 Å². The van der Waals surface area contributed by atoms with E-state index in [9.17, 15) is 4.39 Å². The van der Waals surface area contributed by atoms with Gasteiger partial charge in [-0.05, 0) is 58.3 Å². The second kappa shape index (κ2) is 6.42. The van der Waals surface area contributed by atoms with Crippen LogP contribution in [0.4, 0.5) is 8.78 Å². The Balaban J connectivity index is 1.83. The Morgan fingerprint density at radius 1 is 0.769 bits per heavy atom. The Hall–Kier alpha value is -3.51. The number of nitrogens with zero attached hydrogens (tertiary/aromatic N) is 1. The molecule has 0 unspecified atom stereocenters. The molecule has 0 aliphatic carbocycles. The summed E-state index contributed by atoms with van der Waals surface area (Å²) in [6.45, 7) is 0. The summed E-state index contributed by atoms with van der Waals surface area (Å²) in [4.78, 5) is 0. The third-order valence-electron chi connectivity index (χ3n) is 4.35. The van der Waals surface area contributed by atoms with Gasteiger partial charge in [0.2, 0.25) is 0 Å². The van der Waals surface area contributed by atoms with Crippen LogP contribution in [0.25, 0.3) is 33.0 Å². The van der Waals surface area contributed by atoms with Crippen LogP contribution in [-0.2, 0) is 0 Å². The van der Waals surface area contributed by atoms with Crippen molar-refractivity contribution >= 4 is 10.8 Å². The maximum atomic E-state index is 15.1. The summed E-state index contributed by atoms with van der Waals surface area (Å²) in [6.07, 6.45) is 0. The second-order valence-electron chi connectivity index (χ2n) is 5.98. The third-order valence-corrected chi connectivity index (χ3v) is 4.35. The summed E-state index contributed by atoms with van der Waals surface area (Å²) in [6, 6.07) is 25.0. The van der Waals surface area contributed by atoms with E-state index in [1.54, 1.807) is 36.4 Å². The average molecular weight is 340 g/mol. The van der Waals surface area contributed by atoms with Crippen LogP contribution in [0.15, 0.2) is 72.8 Å². The van der Waals surface area contributed by atoms with Crippen molar-refractivity contribution < 1.29 is 8.78 Å². The van der Waals surface area contributed by atoms with Crippen molar-refractivity contribution in [3.63, 3.8) is 0 Å². The predicted octanol–water partition coefficient (Wildman–Crippen LogP) is 6.12. The lowest BCUT2D eigenvalue weighted by molar-refractivity contribution is 0.626. The highest BCUT2D eigenvalue weighted by molar-refractivity contribution is 5.89. The van der Waals surface area contributed by atoms with Crippen LogP contribution >= 0.6 is 0 Å². The molecule has 4 rings (SSSR count). The second-order valence-corrected chi connectivity index (χ2v) is 5.98. The number of hydrogen-bond acceptors (Lipinski definition) is 1. The number of rotatable bonds is 2. The van der Waals surface area contributed by atoms with Crippen molar-refractivity contribution in [3.8, 4) is 28.3 Å². The minimum atomic E-state index is -0.396. The molecule has 0 spiro atoms. The summed E-state index contributed by atoms with van der Waals surface area (Å²) in [5.74, 6) is -0.754. The Labute approximate surface area is 149 Å². The number of benzene rings is 4. The van der Waals surface area contributed by atoms with Crippen LogP contribution < -0.4 is 0 Å². The first-order valence-corrected chi connectivity index (χ1v) is 8.06. The van der Waals surface area contributed by atoms with Crippen LogP contribution in [0.2, 0.25) is 0 Å². The van der Waals surface area contributed by atoms with E-state index in [0.29, 0.717) is 27.8 Å². The highest BCUT2D eigenvalue weighted by Gasteiger charge is 2.12. The van der Waals surface area contributed by atoms with E-state index in [1.165, 1.54) is 12.1 Å². The zero-order valence-corrected chi connectivity index (χ0v) is 13.6. The Kier molecular flexibility index (Phi) is 3.95. The monoisotopic (exact) mass is 340 g/mol. The van der Waals surface area contributed by atoms with Crippen molar-refractivity contribution in [2.45, 2.75) is 0 Å². The number of fused-ring (bicyclic) bond motifs is 1. The van der Waals surface area contributed by atoms with Crippen molar-refractivity contribution in [1.29, 1.82) is 5.26 Å². The van der Waals surface area contributed by atoms with E-state index in [4.69, 9.17) is 5.26 Å². The highest BCUT2D eigenvalue weighted by atomic mass is 19.1. The Morgan fingerprint density at radius 3 is 2.23 bits per heavy atom. The Bertz CT molecular complexity index is 1160. The van der Waals surface area contributed by atoms with E-state index in [1.807, 2.05) is 24.3 Å². The van der Waals surface area contributed by atoms with Gasteiger partial charge in [-0.25, -0.2) is 8.78 Å². The molecule has 26 heavy (non-hydrogen) atoms. The van der Waals surface area contributed by atoms with Gasteiger partial charge in [-0.3, -0.25) is 0 Å². The normalized spacial score (nSPS) is 10.7. The molecule has 0 atom stereocenters. The first kappa shape index (κ1) is 16.0. The molecular formula is C23H12F2N. The largest absolute Gasteiger partial charge is 0.207 e. The first-order valence-electron chi connectivity index (χ1n) is 8.06. The van der Waals surface area contributed by atoms with E-state index >= 15 is 4.39 Å². The van der Waals surface area contributed by atoms with Crippen LogP contribution in [0.3, 0.4) is 0 Å². The molecule has 0 saturated carbocycles. The zero-order chi connectivity index (χ0) is 18.1. The fourth-order valence-electron chi connectivity index (χ4n) is 3.01. The maximum Gasteiger partial charge on any atom is 0.139 e. The molecule has 0 bridgehead atoms. The smallest absolute Gasteiger partial charge is 0.139 e. The van der Waals surface area contributed by atoms with Crippen LogP contribution in [0, 0.1) is 29.0 Å². The predicted molar refractivity (Wildman–Crippen MR) is 98.3 cm³/mol. The summed E-state index contributed by atoms with van der Waals surface area (Å²) < 4.78 is 28.2. The lowest BCUT2D eigenvalue weighted by Crippen LogP contribution is -1.90. The van der Waals surface area contributed by atoms with Gasteiger partial charge in [0.15, 0.2) is 0 Å². The van der Waals surface area contributed by atoms with E-state index in [2.05, 4.69) is 12.1 Å². The molecule has 123 valence electrons. The van der Waals surface area contributed by atoms with Crippen molar-refractivity contribution in [1.82, 2.24) is 0 Å². The standard InChI is InChI=1S/C23H12F2N/c24-20-10-8-16(9-11-20)21-2-1-3-22(23(21)25)19-7-6-17-12-15(14-26)4-5-18(17)13-19/h1-2,4-13H. The molecule has 4 aromatic carbocycles. The number of hydrogen-bond donors (Lipinski definition) is 0. The number of halogens is 2. The molecule has 0 heterocycles. The molecular weight excluding hydrogens is 328 g/mol. The average Bonchev–Trinajstić information content (AvgIpc) is 2.68. The summed E-state index contributed by atoms with van der Waals surface area (Å²) >= 11 is 0. The molecule has 0 N–H and O–H groups in total. The molecule has 0 amide bonds. The first-order chi connectivity index (χ1) is 12.7. The van der Waals surface area contributed by atoms with E-state index in [-0.39, 0.29) is 5.82 Å². The van der Waals surface area contributed by atoms with Gasteiger partial charge >= 0.3 is 0 Å². The summed E-state index contributed by atoms with van der Waals surface area (Å²) in [7, 11) is 0. The molecule has 3 heteroatoms. The van der Waals surface area contributed by atoms with Gasteiger partial charge in [0, 0.05) is 11.1 Å². The van der Waals surface area contributed by atoms with Gasteiger partial charge in [-0.1, -0.05) is 42.5 Å². The van der Waals surface area contributed by atoms with Crippen molar-refractivity contribution in [2.24, 2.45) is 0 Å². The molecule has 0 aliphatic heterocycles. The minimum Gasteiger partial charge on any atom is -0.207 e.